The Morgan fingerprint density at radius 2 is 1.76 bits per heavy atom. The van der Waals surface area contributed by atoms with Crippen molar-refractivity contribution in [1.82, 2.24) is 0 Å². The number of rotatable bonds is 5. The van der Waals surface area contributed by atoms with Crippen LogP contribution >= 0.6 is 0 Å². The molecule has 1 rings (SSSR count). The van der Waals surface area contributed by atoms with Gasteiger partial charge in [0.1, 0.15) is 11.9 Å². The van der Waals surface area contributed by atoms with Crippen LogP contribution < -0.4 is 10.5 Å². The fourth-order valence-electron chi connectivity index (χ4n) is 1.89. The highest BCUT2D eigenvalue weighted by Crippen LogP contribution is 2.34. The number of halogens is 4. The van der Waals surface area contributed by atoms with E-state index in [1.165, 1.54) is 6.07 Å². The van der Waals surface area contributed by atoms with E-state index < -0.39 is 17.9 Å². The molecule has 0 bridgehead atoms. The lowest BCUT2D eigenvalue weighted by atomic mass is 9.85. The number of alkyl halides is 4. The molecule has 2 nitrogen and oxygen atoms in total. The first-order valence-corrected chi connectivity index (χ1v) is 6.78. The number of hydrogen-bond acceptors (Lipinski definition) is 2. The summed E-state index contributed by atoms with van der Waals surface area (Å²) in [4.78, 5) is 0. The summed E-state index contributed by atoms with van der Waals surface area (Å²) in [6.07, 6.45) is -5.51. The third kappa shape index (κ3) is 5.91. The van der Waals surface area contributed by atoms with E-state index >= 15 is 0 Å². The zero-order valence-corrected chi connectivity index (χ0v) is 12.4. The molecule has 1 aromatic carbocycles. The Kier molecular flexibility index (Phi) is 5.61. The van der Waals surface area contributed by atoms with Gasteiger partial charge >= 0.3 is 6.36 Å². The van der Waals surface area contributed by atoms with E-state index in [-0.39, 0.29) is 17.7 Å². The van der Waals surface area contributed by atoms with Gasteiger partial charge in [-0.1, -0.05) is 26.8 Å². The van der Waals surface area contributed by atoms with E-state index in [2.05, 4.69) is 4.74 Å². The normalized spacial score (nSPS) is 14.1. The van der Waals surface area contributed by atoms with Crippen molar-refractivity contribution in [2.45, 2.75) is 51.6 Å². The lowest BCUT2D eigenvalue weighted by molar-refractivity contribution is -0.274. The van der Waals surface area contributed by atoms with Gasteiger partial charge in [-0.05, 0) is 48.1 Å². The highest BCUT2D eigenvalue weighted by atomic mass is 19.4. The average molecular weight is 307 g/mol. The summed E-state index contributed by atoms with van der Waals surface area (Å²) in [5.74, 6) is -0.389. The van der Waals surface area contributed by atoms with Crippen molar-refractivity contribution >= 4 is 0 Å². The van der Waals surface area contributed by atoms with Crippen LogP contribution in [0.25, 0.3) is 0 Å². The summed E-state index contributed by atoms with van der Waals surface area (Å²) in [5.41, 5.74) is 5.70. The van der Waals surface area contributed by atoms with Gasteiger partial charge in [0.15, 0.2) is 0 Å². The first kappa shape index (κ1) is 17.8. The van der Waals surface area contributed by atoms with Crippen LogP contribution in [0.4, 0.5) is 17.6 Å². The SMILES string of the molecule is CC(C)(C)c1cc(OC(F)(F)F)cc(C(F)CCCN)c1. The Hall–Kier alpha value is -1.30. The van der Waals surface area contributed by atoms with Gasteiger partial charge < -0.3 is 10.5 Å². The summed E-state index contributed by atoms with van der Waals surface area (Å²) >= 11 is 0. The average Bonchev–Trinajstić information content (AvgIpc) is 2.32. The molecular formula is C15H21F4NO. The van der Waals surface area contributed by atoms with Gasteiger partial charge in [-0.2, -0.15) is 0 Å². The summed E-state index contributed by atoms with van der Waals surface area (Å²) < 4.78 is 55.2. The fourth-order valence-corrected chi connectivity index (χ4v) is 1.89. The first-order valence-electron chi connectivity index (χ1n) is 6.78. The van der Waals surface area contributed by atoms with Crippen molar-refractivity contribution in [3.05, 3.63) is 29.3 Å². The van der Waals surface area contributed by atoms with E-state index in [4.69, 9.17) is 5.73 Å². The predicted molar refractivity (Wildman–Crippen MR) is 74.0 cm³/mol. The molecule has 1 aromatic rings. The van der Waals surface area contributed by atoms with Crippen LogP contribution in [0.5, 0.6) is 5.75 Å². The molecule has 120 valence electrons. The predicted octanol–water partition coefficient (Wildman–Crippen LogP) is 4.63. The molecule has 0 saturated carbocycles. The second kappa shape index (κ2) is 6.64. The molecular weight excluding hydrogens is 286 g/mol. The zero-order valence-electron chi connectivity index (χ0n) is 12.4. The van der Waals surface area contributed by atoms with Gasteiger partial charge in [-0.25, -0.2) is 4.39 Å². The molecule has 21 heavy (non-hydrogen) atoms. The standard InChI is InChI=1S/C15H21F4NO/c1-14(2,3)11-7-10(13(16)5-4-6-20)8-12(9-11)21-15(17,18)19/h7-9,13H,4-6,20H2,1-3H3. The second-order valence-electron chi connectivity index (χ2n) is 5.99. The third-order valence-electron chi connectivity index (χ3n) is 3.05. The van der Waals surface area contributed by atoms with Crippen molar-refractivity contribution in [3.8, 4) is 5.75 Å². The molecule has 0 fully saturated rings. The quantitative estimate of drug-likeness (QED) is 0.805. The molecule has 0 saturated heterocycles. The largest absolute Gasteiger partial charge is 0.573 e. The second-order valence-corrected chi connectivity index (χ2v) is 5.99. The van der Waals surface area contributed by atoms with Gasteiger partial charge in [0.05, 0.1) is 0 Å². The van der Waals surface area contributed by atoms with Gasteiger partial charge in [0.25, 0.3) is 0 Å². The molecule has 0 aliphatic heterocycles. The smallest absolute Gasteiger partial charge is 0.406 e. The maximum Gasteiger partial charge on any atom is 0.573 e. The molecule has 0 spiro atoms. The summed E-state index contributed by atoms with van der Waals surface area (Å²) in [6, 6.07) is 3.99. The van der Waals surface area contributed by atoms with Crippen LogP contribution in [0.3, 0.4) is 0 Å². The van der Waals surface area contributed by atoms with E-state index in [1.54, 1.807) is 6.07 Å². The van der Waals surface area contributed by atoms with Gasteiger partial charge in [-0.15, -0.1) is 13.2 Å². The molecule has 0 aromatic heterocycles. The number of nitrogens with two attached hydrogens (primary N) is 1. The van der Waals surface area contributed by atoms with Crippen molar-refractivity contribution in [2.75, 3.05) is 6.54 Å². The molecule has 2 N–H and O–H groups in total. The van der Waals surface area contributed by atoms with Crippen LogP contribution in [0.2, 0.25) is 0 Å². The van der Waals surface area contributed by atoms with E-state index in [1.807, 2.05) is 20.8 Å². The Balaban J connectivity index is 3.15. The topological polar surface area (TPSA) is 35.2 Å². The minimum absolute atomic E-state index is 0.176. The van der Waals surface area contributed by atoms with E-state index in [0.29, 0.717) is 18.5 Å². The summed E-state index contributed by atoms with van der Waals surface area (Å²) in [6.45, 7) is 5.87. The lowest BCUT2D eigenvalue weighted by Gasteiger charge is -2.22. The Morgan fingerprint density at radius 1 is 1.14 bits per heavy atom. The van der Waals surface area contributed by atoms with Crippen molar-refractivity contribution in [2.24, 2.45) is 5.73 Å². The van der Waals surface area contributed by atoms with Gasteiger partial charge in [0.2, 0.25) is 0 Å². The molecule has 0 aliphatic rings. The van der Waals surface area contributed by atoms with Crippen molar-refractivity contribution in [3.63, 3.8) is 0 Å². The zero-order chi connectivity index (χ0) is 16.3. The highest BCUT2D eigenvalue weighted by molar-refractivity contribution is 5.39. The van der Waals surface area contributed by atoms with Crippen molar-refractivity contribution in [1.29, 1.82) is 0 Å². The minimum Gasteiger partial charge on any atom is -0.406 e. The fraction of sp³-hybridized carbons (Fsp3) is 0.600. The first-order chi connectivity index (χ1) is 9.53. The van der Waals surface area contributed by atoms with Crippen LogP contribution in [-0.2, 0) is 5.41 Å². The molecule has 6 heteroatoms. The lowest BCUT2D eigenvalue weighted by Crippen LogP contribution is -2.19. The summed E-state index contributed by atoms with van der Waals surface area (Å²) in [7, 11) is 0. The summed E-state index contributed by atoms with van der Waals surface area (Å²) in [5, 5.41) is 0. The highest BCUT2D eigenvalue weighted by Gasteiger charge is 2.32. The van der Waals surface area contributed by atoms with Crippen LogP contribution in [0, 0.1) is 0 Å². The molecule has 1 atom stereocenters. The van der Waals surface area contributed by atoms with E-state index in [9.17, 15) is 17.6 Å². The Morgan fingerprint density at radius 3 is 2.24 bits per heavy atom. The number of ether oxygens (including phenoxy) is 1. The minimum atomic E-state index is -4.79. The molecule has 0 radical (unpaired) electrons. The van der Waals surface area contributed by atoms with Crippen molar-refractivity contribution < 1.29 is 22.3 Å². The van der Waals surface area contributed by atoms with Crippen LogP contribution in [-0.4, -0.2) is 12.9 Å². The number of benzene rings is 1. The van der Waals surface area contributed by atoms with E-state index in [0.717, 1.165) is 6.07 Å². The van der Waals surface area contributed by atoms with Crippen LogP contribution in [0.15, 0.2) is 18.2 Å². The van der Waals surface area contributed by atoms with Gasteiger partial charge in [-0.3, -0.25) is 0 Å². The maximum absolute atomic E-state index is 14.1. The molecule has 1 unspecified atom stereocenters. The molecule has 0 heterocycles. The third-order valence-corrected chi connectivity index (χ3v) is 3.05. The molecule has 0 amide bonds. The van der Waals surface area contributed by atoms with Crippen LogP contribution in [0.1, 0.15) is 50.9 Å². The Labute approximate surface area is 122 Å². The van der Waals surface area contributed by atoms with Gasteiger partial charge in [0, 0.05) is 0 Å². The number of hydrogen-bond donors (Lipinski definition) is 1. The Bertz CT molecular complexity index is 466. The molecule has 0 aliphatic carbocycles. The monoisotopic (exact) mass is 307 g/mol. The maximum atomic E-state index is 14.1.